The molecule has 0 atom stereocenters. The highest BCUT2D eigenvalue weighted by atomic mass is 16.5. The normalized spacial score (nSPS) is 27.2. The first-order valence-electron chi connectivity index (χ1n) is 8.49. The first kappa shape index (κ1) is 13.5. The van der Waals surface area contributed by atoms with Crippen molar-refractivity contribution in [1.82, 2.24) is 0 Å². The maximum atomic E-state index is 11.3. The van der Waals surface area contributed by atoms with E-state index in [1.807, 2.05) is 0 Å². The van der Waals surface area contributed by atoms with Gasteiger partial charge in [-0.1, -0.05) is 38.5 Å². The van der Waals surface area contributed by atoms with Crippen molar-refractivity contribution in [3.63, 3.8) is 0 Å². The summed E-state index contributed by atoms with van der Waals surface area (Å²) in [6, 6.07) is 0. The van der Waals surface area contributed by atoms with Gasteiger partial charge in [-0.15, -0.1) is 0 Å². The van der Waals surface area contributed by atoms with Gasteiger partial charge in [-0.3, -0.25) is 4.79 Å². The number of hydrogen-bond acceptors (Lipinski definition) is 2. The molecule has 0 heterocycles. The van der Waals surface area contributed by atoms with Crippen molar-refractivity contribution in [3.05, 3.63) is 0 Å². The van der Waals surface area contributed by atoms with Gasteiger partial charge in [0.25, 0.3) is 6.47 Å². The number of ether oxygens (including phenoxy) is 1. The molecule has 3 aliphatic rings. The Hall–Kier alpha value is -0.530. The van der Waals surface area contributed by atoms with Crippen LogP contribution < -0.4 is 0 Å². The molecule has 3 fully saturated rings. The SMILES string of the molecule is O=COC(C1CCCC1)(C1CCCC1)C1CCCC1. The van der Waals surface area contributed by atoms with Gasteiger partial charge in [-0.05, 0) is 56.3 Å². The lowest BCUT2D eigenvalue weighted by molar-refractivity contribution is -0.173. The standard InChI is InChI=1S/C17H28O2/c18-13-19-17(14-7-1-2-8-14,15-9-3-4-10-15)16-11-5-6-12-16/h13-16H,1-12H2. The fourth-order valence-corrected chi connectivity index (χ4v) is 5.50. The Morgan fingerprint density at radius 3 is 1.26 bits per heavy atom. The molecule has 0 N–H and O–H groups in total. The summed E-state index contributed by atoms with van der Waals surface area (Å²) < 4.78 is 6.00. The summed E-state index contributed by atoms with van der Waals surface area (Å²) in [7, 11) is 0. The maximum Gasteiger partial charge on any atom is 0.293 e. The summed E-state index contributed by atoms with van der Waals surface area (Å²) in [4.78, 5) is 11.3. The first-order chi connectivity index (χ1) is 9.38. The zero-order chi connectivity index (χ0) is 13.1. The van der Waals surface area contributed by atoms with Crippen molar-refractivity contribution in [2.45, 2.75) is 82.7 Å². The van der Waals surface area contributed by atoms with Crippen molar-refractivity contribution in [2.75, 3.05) is 0 Å². The average Bonchev–Trinajstić information content (AvgIpc) is 3.18. The van der Waals surface area contributed by atoms with Crippen LogP contribution >= 0.6 is 0 Å². The van der Waals surface area contributed by atoms with Crippen LogP contribution in [0.5, 0.6) is 0 Å². The third-order valence-corrected chi connectivity index (χ3v) is 6.23. The minimum atomic E-state index is -0.0781. The van der Waals surface area contributed by atoms with Crippen LogP contribution in [0.3, 0.4) is 0 Å². The Labute approximate surface area is 117 Å². The molecule has 3 rings (SSSR count). The van der Waals surface area contributed by atoms with Gasteiger partial charge in [0.1, 0.15) is 5.60 Å². The molecular formula is C17H28O2. The lowest BCUT2D eigenvalue weighted by atomic mass is 9.66. The second kappa shape index (κ2) is 5.85. The van der Waals surface area contributed by atoms with Crippen LogP contribution in [-0.4, -0.2) is 12.1 Å². The van der Waals surface area contributed by atoms with Gasteiger partial charge in [0, 0.05) is 0 Å². The molecule has 0 aromatic carbocycles. The molecule has 0 unspecified atom stereocenters. The molecule has 0 saturated heterocycles. The molecule has 19 heavy (non-hydrogen) atoms. The lowest BCUT2D eigenvalue weighted by Gasteiger charge is -2.47. The van der Waals surface area contributed by atoms with Crippen molar-refractivity contribution in [2.24, 2.45) is 17.8 Å². The molecule has 0 amide bonds. The van der Waals surface area contributed by atoms with Crippen LogP contribution in [0, 0.1) is 17.8 Å². The third-order valence-electron chi connectivity index (χ3n) is 6.23. The Morgan fingerprint density at radius 2 is 1.00 bits per heavy atom. The number of hydrogen-bond donors (Lipinski definition) is 0. The van der Waals surface area contributed by atoms with Crippen LogP contribution in [0.25, 0.3) is 0 Å². The van der Waals surface area contributed by atoms with Crippen LogP contribution in [0.15, 0.2) is 0 Å². The summed E-state index contributed by atoms with van der Waals surface area (Å²) in [6.07, 6.45) is 15.8. The molecule has 2 heteroatoms. The van der Waals surface area contributed by atoms with E-state index in [-0.39, 0.29) is 5.60 Å². The summed E-state index contributed by atoms with van der Waals surface area (Å²) in [6.45, 7) is 0.787. The molecule has 0 aromatic heterocycles. The largest absolute Gasteiger partial charge is 0.460 e. The van der Waals surface area contributed by atoms with E-state index in [1.54, 1.807) is 0 Å². The van der Waals surface area contributed by atoms with Gasteiger partial charge >= 0.3 is 0 Å². The second-order valence-corrected chi connectivity index (χ2v) is 7.01. The lowest BCUT2D eigenvalue weighted by Crippen LogP contribution is -2.51. The Morgan fingerprint density at radius 1 is 0.684 bits per heavy atom. The third kappa shape index (κ3) is 2.32. The van der Waals surface area contributed by atoms with E-state index in [0.29, 0.717) is 17.8 Å². The first-order valence-corrected chi connectivity index (χ1v) is 8.49. The van der Waals surface area contributed by atoms with Crippen molar-refractivity contribution >= 4 is 6.47 Å². The quantitative estimate of drug-likeness (QED) is 0.685. The molecule has 0 radical (unpaired) electrons. The predicted molar refractivity (Wildman–Crippen MR) is 75.8 cm³/mol. The van der Waals surface area contributed by atoms with Gasteiger partial charge < -0.3 is 4.74 Å². The van der Waals surface area contributed by atoms with Crippen molar-refractivity contribution in [1.29, 1.82) is 0 Å². The van der Waals surface area contributed by atoms with Crippen LogP contribution in [-0.2, 0) is 9.53 Å². The molecule has 0 aromatic rings. The highest BCUT2D eigenvalue weighted by molar-refractivity contribution is 5.39. The van der Waals surface area contributed by atoms with E-state index in [0.717, 1.165) is 6.47 Å². The highest BCUT2D eigenvalue weighted by Gasteiger charge is 2.54. The summed E-state index contributed by atoms with van der Waals surface area (Å²) in [5.74, 6) is 1.97. The maximum absolute atomic E-state index is 11.3. The zero-order valence-electron chi connectivity index (χ0n) is 12.1. The molecule has 3 aliphatic carbocycles. The highest BCUT2D eigenvalue weighted by Crippen LogP contribution is 2.54. The van der Waals surface area contributed by atoms with E-state index < -0.39 is 0 Å². The smallest absolute Gasteiger partial charge is 0.293 e. The van der Waals surface area contributed by atoms with Gasteiger partial charge in [0.2, 0.25) is 0 Å². The Bertz CT molecular complexity index is 254. The summed E-state index contributed by atoms with van der Waals surface area (Å²) >= 11 is 0. The molecule has 3 saturated carbocycles. The molecule has 2 nitrogen and oxygen atoms in total. The summed E-state index contributed by atoms with van der Waals surface area (Å²) in [5.41, 5.74) is -0.0781. The fourth-order valence-electron chi connectivity index (χ4n) is 5.50. The van der Waals surface area contributed by atoms with Gasteiger partial charge in [-0.2, -0.15) is 0 Å². The fraction of sp³-hybridized carbons (Fsp3) is 0.941. The zero-order valence-corrected chi connectivity index (χ0v) is 12.1. The molecule has 0 bridgehead atoms. The summed E-state index contributed by atoms with van der Waals surface area (Å²) in [5, 5.41) is 0. The van der Waals surface area contributed by atoms with E-state index in [1.165, 1.54) is 77.0 Å². The minimum Gasteiger partial charge on any atom is -0.460 e. The minimum absolute atomic E-state index is 0.0781. The number of carbonyl (C=O) groups is 1. The Kier molecular flexibility index (Phi) is 4.14. The molecule has 108 valence electrons. The van der Waals surface area contributed by atoms with E-state index >= 15 is 0 Å². The van der Waals surface area contributed by atoms with Gasteiger partial charge in [-0.25, -0.2) is 0 Å². The second-order valence-electron chi connectivity index (χ2n) is 7.01. The van der Waals surface area contributed by atoms with E-state index in [9.17, 15) is 4.79 Å². The van der Waals surface area contributed by atoms with Crippen LogP contribution in [0.4, 0.5) is 0 Å². The monoisotopic (exact) mass is 264 g/mol. The average molecular weight is 264 g/mol. The van der Waals surface area contributed by atoms with Gasteiger partial charge in [0.05, 0.1) is 0 Å². The van der Waals surface area contributed by atoms with Crippen molar-refractivity contribution in [3.8, 4) is 0 Å². The predicted octanol–water partition coefficient (Wildman–Crippen LogP) is 4.47. The number of carbonyl (C=O) groups excluding carboxylic acids is 1. The van der Waals surface area contributed by atoms with E-state index in [2.05, 4.69) is 0 Å². The molecule has 0 spiro atoms. The number of rotatable bonds is 5. The van der Waals surface area contributed by atoms with Gasteiger partial charge in [0.15, 0.2) is 0 Å². The topological polar surface area (TPSA) is 26.3 Å². The van der Waals surface area contributed by atoms with Crippen LogP contribution in [0.2, 0.25) is 0 Å². The van der Waals surface area contributed by atoms with Crippen molar-refractivity contribution < 1.29 is 9.53 Å². The molecule has 0 aliphatic heterocycles. The van der Waals surface area contributed by atoms with Crippen LogP contribution in [0.1, 0.15) is 77.0 Å². The Balaban J connectivity index is 1.90. The molecular weight excluding hydrogens is 236 g/mol. The van der Waals surface area contributed by atoms with E-state index in [4.69, 9.17) is 4.74 Å².